The molecule has 0 saturated carbocycles. The molecule has 9 nitrogen and oxygen atoms in total. The Labute approximate surface area is 200 Å². The molecule has 0 saturated heterocycles. The van der Waals surface area contributed by atoms with E-state index in [4.69, 9.17) is 5.14 Å². The van der Waals surface area contributed by atoms with E-state index in [0.717, 1.165) is 18.2 Å². The normalized spacial score (nSPS) is 12.0. The van der Waals surface area contributed by atoms with Gasteiger partial charge < -0.3 is 10.6 Å². The van der Waals surface area contributed by atoms with Gasteiger partial charge in [0.1, 0.15) is 5.82 Å². The van der Waals surface area contributed by atoms with Crippen LogP contribution in [-0.2, 0) is 28.7 Å². The third-order valence-electron chi connectivity index (χ3n) is 4.90. The van der Waals surface area contributed by atoms with Crippen molar-refractivity contribution in [1.29, 1.82) is 0 Å². The Bertz CT molecular complexity index is 1350. The zero-order valence-corrected chi connectivity index (χ0v) is 20.0. The SMILES string of the molecule is CC(C)(C)c1cc(CNC(=O)Nc2ccc(CNS(N)(=O)=O)c(F)c2)n(-c2ccc(F)c(F)c2)n1. The predicted molar refractivity (Wildman–Crippen MR) is 124 cm³/mol. The number of carbonyl (C=O) groups is 1. The smallest absolute Gasteiger partial charge is 0.319 e. The molecule has 2 amide bonds. The number of nitrogens with one attached hydrogen (secondary N) is 3. The third-order valence-corrected chi connectivity index (χ3v) is 5.45. The Balaban J connectivity index is 1.73. The second-order valence-electron chi connectivity index (χ2n) is 8.76. The molecule has 13 heteroatoms. The van der Waals surface area contributed by atoms with Crippen LogP contribution >= 0.6 is 0 Å². The largest absolute Gasteiger partial charge is 0.332 e. The average Bonchev–Trinajstić information content (AvgIpc) is 3.18. The molecule has 3 rings (SSSR count). The van der Waals surface area contributed by atoms with Crippen LogP contribution < -0.4 is 20.5 Å². The van der Waals surface area contributed by atoms with E-state index in [1.54, 1.807) is 6.07 Å². The van der Waals surface area contributed by atoms with Crippen LogP contribution in [0.2, 0.25) is 0 Å². The lowest BCUT2D eigenvalue weighted by Crippen LogP contribution is -2.30. The molecular formula is C22H25F3N6O3S. The fourth-order valence-electron chi connectivity index (χ4n) is 3.05. The number of rotatable bonds is 7. The number of anilines is 1. The lowest BCUT2D eigenvalue weighted by molar-refractivity contribution is 0.251. The number of carbonyl (C=O) groups excluding carboxylic acids is 1. The van der Waals surface area contributed by atoms with Gasteiger partial charge in [0, 0.05) is 29.3 Å². The molecule has 0 unspecified atom stereocenters. The summed E-state index contributed by atoms with van der Waals surface area (Å²) < 4.78 is 66.7. The summed E-state index contributed by atoms with van der Waals surface area (Å²) in [5.74, 6) is -2.77. The van der Waals surface area contributed by atoms with Crippen molar-refractivity contribution in [3.8, 4) is 5.69 Å². The minimum atomic E-state index is -3.98. The molecule has 1 heterocycles. The first-order chi connectivity index (χ1) is 16.2. The number of amides is 2. The third kappa shape index (κ3) is 7.04. The zero-order valence-electron chi connectivity index (χ0n) is 19.2. The fourth-order valence-corrected chi connectivity index (χ4v) is 3.40. The first kappa shape index (κ1) is 26.2. The Morgan fingerprint density at radius 3 is 2.31 bits per heavy atom. The number of halogens is 3. The highest BCUT2D eigenvalue weighted by atomic mass is 32.2. The number of nitrogens with two attached hydrogens (primary N) is 1. The lowest BCUT2D eigenvalue weighted by atomic mass is 9.92. The standard InChI is InChI=1S/C22H25F3N6O3S/c1-22(2,3)20-10-16(31(30-20)15-6-7-17(23)19(25)9-15)12-27-21(32)29-14-5-4-13(18(24)8-14)11-28-35(26,33)34/h4-10,28H,11-12H2,1-3H3,(H2,26,33,34)(H2,27,29,32). The summed E-state index contributed by atoms with van der Waals surface area (Å²) in [4.78, 5) is 12.4. The van der Waals surface area contributed by atoms with Gasteiger partial charge in [0.05, 0.1) is 23.6 Å². The molecule has 0 aliphatic rings. The number of urea groups is 1. The number of nitrogens with zero attached hydrogens (tertiary/aromatic N) is 2. The van der Waals surface area contributed by atoms with E-state index in [9.17, 15) is 26.4 Å². The maximum Gasteiger partial charge on any atom is 0.319 e. The van der Waals surface area contributed by atoms with Gasteiger partial charge in [0.15, 0.2) is 11.6 Å². The Kier molecular flexibility index (Phi) is 7.53. The van der Waals surface area contributed by atoms with Crippen LogP contribution in [0.5, 0.6) is 0 Å². The van der Waals surface area contributed by atoms with E-state index < -0.39 is 33.7 Å². The van der Waals surface area contributed by atoms with Crippen molar-refractivity contribution in [2.75, 3.05) is 5.32 Å². The second kappa shape index (κ2) is 10.1. The van der Waals surface area contributed by atoms with Crippen LogP contribution in [0.15, 0.2) is 42.5 Å². The van der Waals surface area contributed by atoms with Gasteiger partial charge in [-0.25, -0.2) is 27.8 Å². The van der Waals surface area contributed by atoms with E-state index in [-0.39, 0.29) is 35.4 Å². The van der Waals surface area contributed by atoms with Crippen LogP contribution in [0.1, 0.15) is 37.7 Å². The number of hydrogen-bond donors (Lipinski definition) is 4. The van der Waals surface area contributed by atoms with Gasteiger partial charge >= 0.3 is 6.03 Å². The molecule has 0 aliphatic carbocycles. The van der Waals surface area contributed by atoms with Crippen molar-refractivity contribution in [1.82, 2.24) is 19.8 Å². The van der Waals surface area contributed by atoms with E-state index in [1.165, 1.54) is 22.9 Å². The topological polar surface area (TPSA) is 131 Å². The maximum atomic E-state index is 14.2. The van der Waals surface area contributed by atoms with Crippen molar-refractivity contribution in [3.05, 3.63) is 76.9 Å². The summed E-state index contributed by atoms with van der Waals surface area (Å²) in [6.45, 7) is 5.44. The molecule has 0 atom stereocenters. The van der Waals surface area contributed by atoms with Gasteiger partial charge in [-0.2, -0.15) is 18.2 Å². The number of hydrogen-bond acceptors (Lipinski definition) is 4. The summed E-state index contributed by atoms with van der Waals surface area (Å²) in [5, 5.41) is 14.4. The van der Waals surface area contributed by atoms with Crippen molar-refractivity contribution < 1.29 is 26.4 Å². The van der Waals surface area contributed by atoms with E-state index in [2.05, 4.69) is 15.7 Å². The fraction of sp³-hybridized carbons (Fsp3) is 0.273. The molecule has 3 aromatic rings. The number of benzene rings is 2. The molecular weight excluding hydrogens is 485 g/mol. The Hall–Kier alpha value is -3.42. The molecule has 0 spiro atoms. The molecule has 0 radical (unpaired) electrons. The molecule has 35 heavy (non-hydrogen) atoms. The Morgan fingerprint density at radius 1 is 1.00 bits per heavy atom. The monoisotopic (exact) mass is 510 g/mol. The van der Waals surface area contributed by atoms with Crippen molar-refractivity contribution >= 4 is 21.9 Å². The van der Waals surface area contributed by atoms with E-state index in [0.29, 0.717) is 11.4 Å². The van der Waals surface area contributed by atoms with Gasteiger partial charge in [-0.3, -0.25) is 0 Å². The molecule has 0 aliphatic heterocycles. The van der Waals surface area contributed by atoms with Crippen LogP contribution in [0.25, 0.3) is 5.69 Å². The summed E-state index contributed by atoms with van der Waals surface area (Å²) in [7, 11) is -3.98. The van der Waals surface area contributed by atoms with E-state index in [1.807, 2.05) is 25.5 Å². The second-order valence-corrected chi connectivity index (χ2v) is 10.1. The molecule has 5 N–H and O–H groups in total. The lowest BCUT2D eigenvalue weighted by Gasteiger charge is -2.14. The van der Waals surface area contributed by atoms with Crippen molar-refractivity contribution in [2.24, 2.45) is 5.14 Å². The van der Waals surface area contributed by atoms with Gasteiger partial charge in [-0.1, -0.05) is 26.8 Å². The molecule has 0 bridgehead atoms. The van der Waals surface area contributed by atoms with Crippen LogP contribution in [0.4, 0.5) is 23.7 Å². The predicted octanol–water partition coefficient (Wildman–Crippen LogP) is 3.20. The number of aromatic nitrogens is 2. The van der Waals surface area contributed by atoms with E-state index >= 15 is 0 Å². The summed E-state index contributed by atoms with van der Waals surface area (Å²) >= 11 is 0. The van der Waals surface area contributed by atoms with Gasteiger partial charge in [0.25, 0.3) is 10.2 Å². The molecule has 0 fully saturated rings. The highest BCUT2D eigenvalue weighted by Gasteiger charge is 2.21. The summed E-state index contributed by atoms with van der Waals surface area (Å²) in [6, 6.07) is 8.18. The highest BCUT2D eigenvalue weighted by molar-refractivity contribution is 7.87. The Morgan fingerprint density at radius 2 is 1.71 bits per heavy atom. The molecule has 188 valence electrons. The van der Waals surface area contributed by atoms with Crippen LogP contribution in [0, 0.1) is 17.5 Å². The van der Waals surface area contributed by atoms with Crippen molar-refractivity contribution in [2.45, 2.75) is 39.3 Å². The first-order valence-electron chi connectivity index (χ1n) is 10.4. The minimum absolute atomic E-state index is 0.0211. The summed E-state index contributed by atoms with van der Waals surface area (Å²) in [6.07, 6.45) is 0. The minimum Gasteiger partial charge on any atom is -0.332 e. The van der Waals surface area contributed by atoms with Gasteiger partial charge in [-0.05, 0) is 30.3 Å². The average molecular weight is 511 g/mol. The quantitative estimate of drug-likeness (QED) is 0.389. The van der Waals surface area contributed by atoms with Crippen LogP contribution in [-0.4, -0.2) is 24.2 Å². The first-order valence-corrected chi connectivity index (χ1v) is 11.9. The van der Waals surface area contributed by atoms with Gasteiger partial charge in [0.2, 0.25) is 0 Å². The highest BCUT2D eigenvalue weighted by Crippen LogP contribution is 2.24. The molecule has 1 aromatic heterocycles. The van der Waals surface area contributed by atoms with Gasteiger partial charge in [-0.15, -0.1) is 0 Å². The van der Waals surface area contributed by atoms with Crippen LogP contribution in [0.3, 0.4) is 0 Å². The summed E-state index contributed by atoms with van der Waals surface area (Å²) in [5.41, 5.74) is 1.27. The van der Waals surface area contributed by atoms with Crippen molar-refractivity contribution in [3.63, 3.8) is 0 Å². The zero-order chi connectivity index (χ0) is 26.0. The molecule has 2 aromatic carbocycles. The maximum absolute atomic E-state index is 14.2.